The summed E-state index contributed by atoms with van der Waals surface area (Å²) in [4.78, 5) is 8.81. The Morgan fingerprint density at radius 1 is 1.10 bits per heavy atom. The first-order valence-corrected chi connectivity index (χ1v) is 6.65. The van der Waals surface area contributed by atoms with Gasteiger partial charge >= 0.3 is 0 Å². The molecule has 0 amide bonds. The van der Waals surface area contributed by atoms with Crippen LogP contribution in [0.25, 0.3) is 16.9 Å². The van der Waals surface area contributed by atoms with Gasteiger partial charge in [-0.1, -0.05) is 0 Å². The molecular formula is C16H17N3O. The standard InChI is InChI=1S/C16H17N3O/c1-10-6-14-15(7-11(10)2)19(9-18-14)16-8-13(12(3)20)4-5-17-16/h4-9,12,20H,1-3H3/t12-/m0/s1. The highest BCUT2D eigenvalue weighted by molar-refractivity contribution is 5.78. The lowest BCUT2D eigenvalue weighted by Crippen LogP contribution is -1.99. The van der Waals surface area contributed by atoms with Gasteiger partial charge in [-0.2, -0.15) is 0 Å². The fourth-order valence-corrected chi connectivity index (χ4v) is 2.27. The Kier molecular flexibility index (Phi) is 3.03. The van der Waals surface area contributed by atoms with Crippen LogP contribution < -0.4 is 0 Å². The van der Waals surface area contributed by atoms with Crippen molar-refractivity contribution in [2.75, 3.05) is 0 Å². The van der Waals surface area contributed by atoms with E-state index in [0.717, 1.165) is 22.4 Å². The molecule has 4 heteroatoms. The first-order chi connectivity index (χ1) is 9.56. The second-order valence-corrected chi connectivity index (χ2v) is 5.16. The molecule has 102 valence electrons. The van der Waals surface area contributed by atoms with Gasteiger partial charge in [0.1, 0.15) is 12.1 Å². The van der Waals surface area contributed by atoms with Gasteiger partial charge in [0.2, 0.25) is 0 Å². The smallest absolute Gasteiger partial charge is 0.138 e. The van der Waals surface area contributed by atoms with Crippen molar-refractivity contribution >= 4 is 11.0 Å². The van der Waals surface area contributed by atoms with E-state index in [1.165, 1.54) is 11.1 Å². The summed E-state index contributed by atoms with van der Waals surface area (Å²) in [5.41, 5.74) is 5.29. The third-order valence-corrected chi connectivity index (χ3v) is 3.66. The van der Waals surface area contributed by atoms with Crippen LogP contribution in [-0.2, 0) is 0 Å². The van der Waals surface area contributed by atoms with Crippen molar-refractivity contribution in [3.05, 3.63) is 53.5 Å². The third-order valence-electron chi connectivity index (χ3n) is 3.66. The zero-order chi connectivity index (χ0) is 14.3. The van der Waals surface area contributed by atoms with E-state index in [9.17, 15) is 5.11 Å². The predicted molar refractivity (Wildman–Crippen MR) is 79.0 cm³/mol. The Morgan fingerprint density at radius 3 is 2.60 bits per heavy atom. The molecule has 0 saturated heterocycles. The van der Waals surface area contributed by atoms with Crippen molar-refractivity contribution in [3.8, 4) is 5.82 Å². The Morgan fingerprint density at radius 2 is 1.85 bits per heavy atom. The maximum Gasteiger partial charge on any atom is 0.138 e. The van der Waals surface area contributed by atoms with E-state index in [1.54, 1.807) is 19.4 Å². The molecule has 3 aromatic rings. The van der Waals surface area contributed by atoms with Gasteiger partial charge < -0.3 is 5.11 Å². The molecule has 0 aliphatic carbocycles. The minimum absolute atomic E-state index is 0.504. The highest BCUT2D eigenvalue weighted by Gasteiger charge is 2.09. The average Bonchev–Trinajstić information content (AvgIpc) is 2.82. The Balaban J connectivity index is 2.19. The van der Waals surface area contributed by atoms with Crippen molar-refractivity contribution in [2.24, 2.45) is 0 Å². The number of imidazole rings is 1. The normalized spacial score (nSPS) is 12.8. The molecule has 3 rings (SSSR count). The number of aromatic nitrogens is 3. The summed E-state index contributed by atoms with van der Waals surface area (Å²) >= 11 is 0. The van der Waals surface area contributed by atoms with Crippen molar-refractivity contribution in [1.82, 2.24) is 14.5 Å². The van der Waals surface area contributed by atoms with E-state index < -0.39 is 6.10 Å². The number of benzene rings is 1. The maximum absolute atomic E-state index is 9.69. The number of aliphatic hydroxyl groups is 1. The first-order valence-electron chi connectivity index (χ1n) is 6.65. The summed E-state index contributed by atoms with van der Waals surface area (Å²) in [5, 5.41) is 9.69. The summed E-state index contributed by atoms with van der Waals surface area (Å²) in [5.74, 6) is 0.772. The van der Waals surface area contributed by atoms with E-state index >= 15 is 0 Å². The molecule has 1 atom stereocenters. The number of fused-ring (bicyclic) bond motifs is 1. The van der Waals surface area contributed by atoms with Gasteiger partial charge in [-0.3, -0.25) is 4.57 Å². The fraction of sp³-hybridized carbons (Fsp3) is 0.250. The molecule has 0 bridgehead atoms. The van der Waals surface area contributed by atoms with Crippen LogP contribution in [0.4, 0.5) is 0 Å². The number of aryl methyl sites for hydroxylation is 2. The van der Waals surface area contributed by atoms with Crippen LogP contribution in [0.5, 0.6) is 0 Å². The number of pyridine rings is 1. The van der Waals surface area contributed by atoms with E-state index in [4.69, 9.17) is 0 Å². The van der Waals surface area contributed by atoms with Gasteiger partial charge in [-0.05, 0) is 61.7 Å². The van der Waals surface area contributed by atoms with Gasteiger partial charge in [-0.25, -0.2) is 9.97 Å². The molecule has 0 unspecified atom stereocenters. The van der Waals surface area contributed by atoms with Crippen molar-refractivity contribution in [1.29, 1.82) is 0 Å². The predicted octanol–water partition coefficient (Wildman–Crippen LogP) is 3.09. The molecule has 1 aromatic carbocycles. The lowest BCUT2D eigenvalue weighted by atomic mass is 10.1. The molecular weight excluding hydrogens is 250 g/mol. The van der Waals surface area contributed by atoms with Gasteiger partial charge in [-0.15, -0.1) is 0 Å². The highest BCUT2D eigenvalue weighted by atomic mass is 16.3. The molecule has 2 heterocycles. The summed E-state index contributed by atoms with van der Waals surface area (Å²) < 4.78 is 1.95. The quantitative estimate of drug-likeness (QED) is 0.776. The number of nitrogens with zero attached hydrogens (tertiary/aromatic N) is 3. The lowest BCUT2D eigenvalue weighted by molar-refractivity contribution is 0.199. The zero-order valence-corrected chi connectivity index (χ0v) is 11.8. The lowest BCUT2D eigenvalue weighted by Gasteiger charge is -2.08. The van der Waals surface area contributed by atoms with Crippen LogP contribution >= 0.6 is 0 Å². The topological polar surface area (TPSA) is 50.9 Å². The van der Waals surface area contributed by atoms with E-state index in [1.807, 2.05) is 16.7 Å². The number of rotatable bonds is 2. The molecule has 20 heavy (non-hydrogen) atoms. The largest absolute Gasteiger partial charge is 0.389 e. The fourth-order valence-electron chi connectivity index (χ4n) is 2.27. The molecule has 0 saturated carbocycles. The average molecular weight is 267 g/mol. The monoisotopic (exact) mass is 267 g/mol. The van der Waals surface area contributed by atoms with Gasteiger partial charge in [0.05, 0.1) is 17.1 Å². The minimum Gasteiger partial charge on any atom is -0.389 e. The van der Waals surface area contributed by atoms with Crippen molar-refractivity contribution in [2.45, 2.75) is 26.9 Å². The number of hydrogen-bond donors (Lipinski definition) is 1. The van der Waals surface area contributed by atoms with Crippen LogP contribution in [0.3, 0.4) is 0 Å². The van der Waals surface area contributed by atoms with E-state index in [2.05, 4.69) is 35.9 Å². The zero-order valence-electron chi connectivity index (χ0n) is 11.8. The van der Waals surface area contributed by atoms with Crippen molar-refractivity contribution < 1.29 is 5.11 Å². The van der Waals surface area contributed by atoms with Crippen LogP contribution in [0.15, 0.2) is 36.8 Å². The van der Waals surface area contributed by atoms with Crippen LogP contribution in [0, 0.1) is 13.8 Å². The highest BCUT2D eigenvalue weighted by Crippen LogP contribution is 2.22. The minimum atomic E-state index is -0.504. The summed E-state index contributed by atoms with van der Waals surface area (Å²) in [6, 6.07) is 7.91. The SMILES string of the molecule is Cc1cc2ncn(-c3cc([C@H](C)O)ccn3)c2cc1C. The van der Waals surface area contributed by atoms with Gasteiger partial charge in [0.15, 0.2) is 0 Å². The molecule has 2 aromatic heterocycles. The van der Waals surface area contributed by atoms with Crippen LogP contribution in [0.2, 0.25) is 0 Å². The van der Waals surface area contributed by atoms with Crippen LogP contribution in [0.1, 0.15) is 29.7 Å². The number of aliphatic hydroxyl groups excluding tert-OH is 1. The Hall–Kier alpha value is -2.20. The second-order valence-electron chi connectivity index (χ2n) is 5.16. The molecule has 4 nitrogen and oxygen atoms in total. The number of hydrogen-bond acceptors (Lipinski definition) is 3. The molecule has 0 spiro atoms. The van der Waals surface area contributed by atoms with Gasteiger partial charge in [0, 0.05) is 6.20 Å². The third kappa shape index (κ3) is 2.08. The molecule has 1 N–H and O–H groups in total. The summed E-state index contributed by atoms with van der Waals surface area (Å²) in [7, 11) is 0. The summed E-state index contributed by atoms with van der Waals surface area (Å²) in [6.45, 7) is 5.92. The molecule has 0 radical (unpaired) electrons. The Labute approximate surface area is 117 Å². The van der Waals surface area contributed by atoms with Crippen molar-refractivity contribution in [3.63, 3.8) is 0 Å². The van der Waals surface area contributed by atoms with Gasteiger partial charge in [0.25, 0.3) is 0 Å². The first kappa shape index (κ1) is 12.8. The molecule has 0 fully saturated rings. The maximum atomic E-state index is 9.69. The van der Waals surface area contributed by atoms with E-state index in [-0.39, 0.29) is 0 Å². The van der Waals surface area contributed by atoms with E-state index in [0.29, 0.717) is 0 Å². The molecule has 0 aliphatic rings. The second kappa shape index (κ2) is 4.72. The molecule has 0 aliphatic heterocycles. The van der Waals surface area contributed by atoms with Crippen LogP contribution in [-0.4, -0.2) is 19.6 Å². The summed E-state index contributed by atoms with van der Waals surface area (Å²) in [6.07, 6.45) is 2.98. The Bertz CT molecular complexity index is 774.